The molecule has 0 atom stereocenters. The van der Waals surface area contributed by atoms with Crippen LogP contribution in [0, 0.1) is 6.92 Å². The third kappa shape index (κ3) is 2.51. The lowest BCUT2D eigenvalue weighted by molar-refractivity contribution is 0.0994. The lowest BCUT2D eigenvalue weighted by Crippen LogP contribution is -1.93. The quantitative estimate of drug-likeness (QED) is 0.704. The summed E-state index contributed by atoms with van der Waals surface area (Å²) in [6.07, 6.45) is 2.99. The van der Waals surface area contributed by atoms with E-state index in [-0.39, 0.29) is 11.6 Å². The molecule has 2 N–H and O–H groups in total. The highest BCUT2D eigenvalue weighted by Crippen LogP contribution is 2.35. The minimum atomic E-state index is -0.510. The number of amides is 1. The first kappa shape index (κ1) is 13.0. The van der Waals surface area contributed by atoms with Crippen LogP contribution in [0.5, 0.6) is 5.88 Å². The van der Waals surface area contributed by atoms with Crippen LogP contribution in [0.15, 0.2) is 53.0 Å². The highest BCUT2D eigenvalue weighted by molar-refractivity contribution is 5.97. The molecule has 2 aromatic heterocycles. The summed E-state index contributed by atoms with van der Waals surface area (Å²) >= 11 is 0. The monoisotopic (exact) mass is 280 g/mol. The third-order valence-electron chi connectivity index (χ3n) is 3.06. The predicted octanol–water partition coefficient (Wildman–Crippen LogP) is 3.50. The van der Waals surface area contributed by atoms with Crippen molar-refractivity contribution in [2.24, 2.45) is 10.2 Å². The number of azo groups is 1. The number of nitrogens with zero attached hydrogens (tertiary/aromatic N) is 3. The Labute approximate surface area is 120 Å². The fourth-order valence-corrected chi connectivity index (χ4v) is 2.02. The molecule has 6 heteroatoms. The number of nitrogens with one attached hydrogen (secondary N) is 1. The van der Waals surface area contributed by atoms with E-state index in [2.05, 4.69) is 20.2 Å². The van der Waals surface area contributed by atoms with Crippen molar-refractivity contribution in [2.45, 2.75) is 6.92 Å². The molecule has 0 radical (unpaired) electrons. The zero-order chi connectivity index (χ0) is 14.8. The van der Waals surface area contributed by atoms with Gasteiger partial charge in [-0.2, -0.15) is 0 Å². The number of hydrogen-bond donors (Lipinski definition) is 2. The van der Waals surface area contributed by atoms with E-state index < -0.39 is 5.91 Å². The highest BCUT2D eigenvalue weighted by Gasteiger charge is 2.11. The van der Waals surface area contributed by atoms with Gasteiger partial charge < -0.3 is 10.1 Å². The van der Waals surface area contributed by atoms with Crippen molar-refractivity contribution in [3.05, 3.63) is 53.9 Å². The van der Waals surface area contributed by atoms with Gasteiger partial charge in [0.15, 0.2) is 5.69 Å². The van der Waals surface area contributed by atoms with Crippen LogP contribution < -0.4 is 0 Å². The van der Waals surface area contributed by atoms with Crippen molar-refractivity contribution in [2.75, 3.05) is 0 Å². The number of rotatable bonds is 2. The number of aromatic amines is 1. The molecular weight excluding hydrogens is 268 g/mol. The number of fused-ring (bicyclic) bond motifs is 1. The lowest BCUT2D eigenvalue weighted by Gasteiger charge is -1.94. The molecular formula is C15H12N4O2. The van der Waals surface area contributed by atoms with Crippen molar-refractivity contribution < 1.29 is 9.90 Å². The molecule has 3 rings (SSSR count). The standard InChI is InChI=1S/C15H12N4O2/c1-9-4-5-12-11(7-9)13(15(21)17-12)18-19-14(20)10-3-2-6-16-8-10/h2-8,17,21H,1H3. The predicted molar refractivity (Wildman–Crippen MR) is 77.8 cm³/mol. The van der Waals surface area contributed by atoms with Gasteiger partial charge in [0, 0.05) is 17.8 Å². The number of aromatic hydroxyl groups is 1. The molecule has 104 valence electrons. The molecule has 0 saturated carbocycles. The number of pyridine rings is 1. The van der Waals surface area contributed by atoms with Gasteiger partial charge in [-0.3, -0.25) is 9.78 Å². The summed E-state index contributed by atoms with van der Waals surface area (Å²) < 4.78 is 0. The van der Waals surface area contributed by atoms with Gasteiger partial charge in [-0.25, -0.2) is 0 Å². The van der Waals surface area contributed by atoms with E-state index in [9.17, 15) is 9.90 Å². The summed E-state index contributed by atoms with van der Waals surface area (Å²) in [6.45, 7) is 1.94. The molecule has 1 aromatic carbocycles. The Bertz CT molecular complexity index is 838. The smallest absolute Gasteiger partial charge is 0.296 e. The molecule has 0 fully saturated rings. The van der Waals surface area contributed by atoms with Crippen LogP contribution in [-0.2, 0) is 0 Å². The molecule has 1 amide bonds. The van der Waals surface area contributed by atoms with Gasteiger partial charge >= 0.3 is 0 Å². The van der Waals surface area contributed by atoms with Crippen molar-refractivity contribution in [1.29, 1.82) is 0 Å². The van der Waals surface area contributed by atoms with Crippen LogP contribution in [0.3, 0.4) is 0 Å². The zero-order valence-electron chi connectivity index (χ0n) is 11.2. The Morgan fingerprint density at radius 2 is 2.19 bits per heavy atom. The molecule has 21 heavy (non-hydrogen) atoms. The number of benzene rings is 1. The molecule has 0 unspecified atom stereocenters. The first-order valence-electron chi connectivity index (χ1n) is 6.32. The highest BCUT2D eigenvalue weighted by atomic mass is 16.3. The maximum absolute atomic E-state index is 11.9. The second-order valence-electron chi connectivity index (χ2n) is 4.62. The van der Waals surface area contributed by atoms with Gasteiger partial charge in [0.05, 0.1) is 11.1 Å². The second-order valence-corrected chi connectivity index (χ2v) is 4.62. The minimum Gasteiger partial charge on any atom is -0.493 e. The SMILES string of the molecule is Cc1ccc2[nH]c(O)c(N=NC(=O)c3cccnc3)c2c1. The first-order chi connectivity index (χ1) is 10.1. The topological polar surface area (TPSA) is 90.7 Å². The van der Waals surface area contributed by atoms with E-state index in [0.717, 1.165) is 16.5 Å². The fourth-order valence-electron chi connectivity index (χ4n) is 2.02. The molecule has 0 aliphatic rings. The number of hydrogen-bond acceptors (Lipinski definition) is 4. The summed E-state index contributed by atoms with van der Waals surface area (Å²) in [7, 11) is 0. The number of carbonyl (C=O) groups excluding carboxylic acids is 1. The van der Waals surface area contributed by atoms with Crippen LogP contribution in [-0.4, -0.2) is 21.0 Å². The normalized spacial score (nSPS) is 11.3. The van der Waals surface area contributed by atoms with Gasteiger partial charge in [-0.15, -0.1) is 10.2 Å². The van der Waals surface area contributed by atoms with Crippen LogP contribution in [0.25, 0.3) is 10.9 Å². The molecule has 3 aromatic rings. The molecule has 2 heterocycles. The van der Waals surface area contributed by atoms with Gasteiger partial charge in [-0.05, 0) is 31.2 Å². The van der Waals surface area contributed by atoms with Crippen LogP contribution in [0.1, 0.15) is 15.9 Å². The average Bonchev–Trinajstić information content (AvgIpc) is 2.80. The van der Waals surface area contributed by atoms with E-state index in [4.69, 9.17) is 0 Å². The fraction of sp³-hybridized carbons (Fsp3) is 0.0667. The average molecular weight is 280 g/mol. The molecule has 6 nitrogen and oxygen atoms in total. The maximum Gasteiger partial charge on any atom is 0.296 e. The van der Waals surface area contributed by atoms with E-state index in [1.807, 2.05) is 25.1 Å². The Kier molecular flexibility index (Phi) is 3.19. The van der Waals surface area contributed by atoms with E-state index in [1.54, 1.807) is 18.3 Å². The van der Waals surface area contributed by atoms with Gasteiger partial charge in [0.1, 0.15) is 0 Å². The number of aryl methyl sites for hydroxylation is 1. The van der Waals surface area contributed by atoms with Gasteiger partial charge in [-0.1, -0.05) is 11.6 Å². The summed E-state index contributed by atoms with van der Waals surface area (Å²) in [5.74, 6) is -0.622. The molecule has 0 spiro atoms. The minimum absolute atomic E-state index is 0.113. The van der Waals surface area contributed by atoms with E-state index >= 15 is 0 Å². The van der Waals surface area contributed by atoms with E-state index in [0.29, 0.717) is 5.56 Å². The van der Waals surface area contributed by atoms with Crippen molar-refractivity contribution >= 4 is 22.5 Å². The van der Waals surface area contributed by atoms with Gasteiger partial charge in [0.25, 0.3) is 5.91 Å². The lowest BCUT2D eigenvalue weighted by atomic mass is 10.1. The summed E-state index contributed by atoms with van der Waals surface area (Å²) in [6, 6.07) is 8.88. The third-order valence-corrected chi connectivity index (χ3v) is 3.06. The molecule has 0 aliphatic heterocycles. The van der Waals surface area contributed by atoms with E-state index in [1.165, 1.54) is 6.20 Å². The summed E-state index contributed by atoms with van der Waals surface area (Å²) in [4.78, 5) is 18.5. The summed E-state index contributed by atoms with van der Waals surface area (Å²) in [5.41, 5.74) is 2.36. The number of aromatic nitrogens is 2. The Balaban J connectivity index is 1.98. The number of carbonyl (C=O) groups is 1. The number of H-pyrrole nitrogens is 1. The summed E-state index contributed by atoms with van der Waals surface area (Å²) in [5, 5.41) is 18.1. The molecule has 0 aliphatic carbocycles. The Hall–Kier alpha value is -3.02. The van der Waals surface area contributed by atoms with Crippen LogP contribution >= 0.6 is 0 Å². The molecule has 0 saturated heterocycles. The Morgan fingerprint density at radius 3 is 2.95 bits per heavy atom. The van der Waals surface area contributed by atoms with Crippen LogP contribution in [0.2, 0.25) is 0 Å². The Morgan fingerprint density at radius 1 is 1.33 bits per heavy atom. The maximum atomic E-state index is 11.9. The first-order valence-corrected chi connectivity index (χ1v) is 6.32. The second kappa shape index (κ2) is 5.16. The largest absolute Gasteiger partial charge is 0.493 e. The zero-order valence-corrected chi connectivity index (χ0v) is 11.2. The van der Waals surface area contributed by atoms with Crippen molar-refractivity contribution in [1.82, 2.24) is 9.97 Å². The van der Waals surface area contributed by atoms with Gasteiger partial charge in [0.2, 0.25) is 5.88 Å². The van der Waals surface area contributed by atoms with Crippen molar-refractivity contribution in [3.8, 4) is 5.88 Å². The van der Waals surface area contributed by atoms with Crippen LogP contribution in [0.4, 0.5) is 5.69 Å². The van der Waals surface area contributed by atoms with Crippen molar-refractivity contribution in [3.63, 3.8) is 0 Å². The molecule has 0 bridgehead atoms.